The first-order valence-corrected chi connectivity index (χ1v) is 7.35. The van der Waals surface area contributed by atoms with Crippen molar-refractivity contribution in [3.8, 4) is 12.1 Å². The molecule has 1 aromatic carbocycles. The van der Waals surface area contributed by atoms with Gasteiger partial charge in [0.2, 0.25) is 0 Å². The molecule has 17 heavy (non-hydrogen) atoms. The molecule has 1 aromatic rings. The molecule has 1 aliphatic rings. The summed E-state index contributed by atoms with van der Waals surface area (Å²) in [4.78, 5) is 0.192. The number of sulfone groups is 1. The standard InChI is InChI=1S/C11H5IN2O2S/c12-11-10(7(5-13)6-14)8-3-1-2-4-9(8)17(11,15)16/h1-4,11H. The van der Waals surface area contributed by atoms with Crippen LogP contribution in [0.4, 0.5) is 0 Å². The van der Waals surface area contributed by atoms with E-state index >= 15 is 0 Å². The lowest BCUT2D eigenvalue weighted by Crippen LogP contribution is -2.08. The van der Waals surface area contributed by atoms with Crippen LogP contribution < -0.4 is 0 Å². The first-order valence-electron chi connectivity index (χ1n) is 4.55. The fraction of sp³-hybridized carbons (Fsp3) is 0.0909. The minimum atomic E-state index is -3.47. The van der Waals surface area contributed by atoms with E-state index in [1.54, 1.807) is 52.9 Å². The largest absolute Gasteiger partial charge is 0.222 e. The Morgan fingerprint density at radius 2 is 1.82 bits per heavy atom. The highest BCUT2D eigenvalue weighted by molar-refractivity contribution is 14.1. The Morgan fingerprint density at radius 1 is 1.24 bits per heavy atom. The van der Waals surface area contributed by atoms with Crippen LogP contribution in [0.3, 0.4) is 0 Å². The number of nitrogens with zero attached hydrogens (tertiary/aromatic N) is 2. The number of alkyl halides is 1. The molecule has 0 saturated carbocycles. The van der Waals surface area contributed by atoms with E-state index < -0.39 is 13.1 Å². The summed E-state index contributed by atoms with van der Waals surface area (Å²) in [6.45, 7) is 0. The van der Waals surface area contributed by atoms with Crippen molar-refractivity contribution in [1.82, 2.24) is 0 Å². The number of rotatable bonds is 0. The Labute approximate surface area is 112 Å². The van der Waals surface area contributed by atoms with E-state index in [1.807, 2.05) is 0 Å². The maximum atomic E-state index is 12.1. The third-order valence-electron chi connectivity index (χ3n) is 2.48. The van der Waals surface area contributed by atoms with Crippen molar-refractivity contribution in [2.45, 2.75) is 8.15 Å². The van der Waals surface area contributed by atoms with E-state index in [0.29, 0.717) is 11.1 Å². The summed E-state index contributed by atoms with van der Waals surface area (Å²) in [6, 6.07) is 9.94. The second-order valence-corrected chi connectivity index (χ2v) is 7.46. The van der Waals surface area contributed by atoms with Crippen LogP contribution in [0.25, 0.3) is 5.57 Å². The first-order chi connectivity index (χ1) is 8.04. The average Bonchev–Trinajstić information content (AvgIpc) is 2.53. The van der Waals surface area contributed by atoms with Gasteiger partial charge in [-0.05, 0) is 6.07 Å². The van der Waals surface area contributed by atoms with Crippen LogP contribution in [-0.2, 0) is 9.84 Å². The quantitative estimate of drug-likeness (QED) is 0.405. The van der Waals surface area contributed by atoms with Crippen molar-refractivity contribution in [1.29, 1.82) is 10.5 Å². The maximum Gasteiger partial charge on any atom is 0.195 e. The van der Waals surface area contributed by atoms with Crippen molar-refractivity contribution in [3.63, 3.8) is 0 Å². The van der Waals surface area contributed by atoms with Crippen LogP contribution in [0.2, 0.25) is 0 Å². The molecule has 0 N–H and O–H groups in total. The Balaban J connectivity index is 2.91. The Bertz CT molecular complexity index is 692. The molecule has 4 nitrogen and oxygen atoms in total. The fourth-order valence-electron chi connectivity index (χ4n) is 1.72. The average molecular weight is 356 g/mol. The topological polar surface area (TPSA) is 81.7 Å². The van der Waals surface area contributed by atoms with Gasteiger partial charge < -0.3 is 0 Å². The molecule has 0 amide bonds. The Kier molecular flexibility index (Phi) is 2.94. The van der Waals surface area contributed by atoms with Gasteiger partial charge in [0.15, 0.2) is 9.84 Å². The molecule has 0 aliphatic carbocycles. The predicted molar refractivity (Wildman–Crippen MR) is 69.6 cm³/mol. The van der Waals surface area contributed by atoms with Gasteiger partial charge in [-0.2, -0.15) is 10.5 Å². The van der Waals surface area contributed by atoms with E-state index in [4.69, 9.17) is 10.5 Å². The van der Waals surface area contributed by atoms with Crippen LogP contribution in [0.15, 0.2) is 34.7 Å². The minimum absolute atomic E-state index is 0.141. The molecule has 2 rings (SSSR count). The summed E-state index contributed by atoms with van der Waals surface area (Å²) in [5, 5.41) is 17.7. The summed E-state index contributed by atoms with van der Waals surface area (Å²) in [7, 11) is -3.47. The van der Waals surface area contributed by atoms with Gasteiger partial charge in [0.1, 0.15) is 21.0 Å². The summed E-state index contributed by atoms with van der Waals surface area (Å²) < 4.78 is 23.3. The molecule has 6 heteroatoms. The molecule has 0 radical (unpaired) electrons. The third kappa shape index (κ3) is 1.65. The zero-order chi connectivity index (χ0) is 12.6. The van der Waals surface area contributed by atoms with Crippen molar-refractivity contribution < 1.29 is 8.42 Å². The van der Waals surface area contributed by atoms with E-state index in [-0.39, 0.29) is 10.5 Å². The molecule has 0 fully saturated rings. The van der Waals surface area contributed by atoms with E-state index in [0.717, 1.165) is 0 Å². The van der Waals surface area contributed by atoms with Crippen LogP contribution in [0.1, 0.15) is 5.56 Å². The summed E-state index contributed by atoms with van der Waals surface area (Å²) in [6.07, 6.45) is 0. The number of nitriles is 2. The molecule has 1 heterocycles. The van der Waals surface area contributed by atoms with E-state index in [2.05, 4.69) is 0 Å². The molecule has 84 valence electrons. The van der Waals surface area contributed by atoms with Gasteiger partial charge >= 0.3 is 0 Å². The lowest BCUT2D eigenvalue weighted by Gasteiger charge is -2.02. The van der Waals surface area contributed by atoms with Crippen molar-refractivity contribution >= 4 is 38.0 Å². The van der Waals surface area contributed by atoms with E-state index in [9.17, 15) is 8.42 Å². The van der Waals surface area contributed by atoms with Crippen LogP contribution in [-0.4, -0.2) is 11.7 Å². The summed E-state index contributed by atoms with van der Waals surface area (Å²) in [5.74, 6) is 0. The number of hydrogen-bond acceptors (Lipinski definition) is 4. The third-order valence-corrected chi connectivity index (χ3v) is 6.86. The Hall–Kier alpha value is -1.38. The first kappa shape index (κ1) is 12.1. The normalized spacial score (nSPS) is 20.2. The molecule has 1 atom stereocenters. The van der Waals surface area contributed by atoms with Crippen molar-refractivity contribution in [2.24, 2.45) is 0 Å². The minimum Gasteiger partial charge on any atom is -0.222 e. The lowest BCUT2D eigenvalue weighted by molar-refractivity contribution is 0.600. The zero-order valence-corrected chi connectivity index (χ0v) is 11.4. The molecule has 1 unspecified atom stereocenters. The van der Waals surface area contributed by atoms with Crippen molar-refractivity contribution in [2.75, 3.05) is 0 Å². The molecule has 0 spiro atoms. The zero-order valence-electron chi connectivity index (χ0n) is 8.38. The Morgan fingerprint density at radius 3 is 2.41 bits per heavy atom. The maximum absolute atomic E-state index is 12.1. The molecule has 1 aliphatic heterocycles. The number of allylic oxidation sites excluding steroid dienone is 1. The number of fused-ring (bicyclic) bond motifs is 1. The molecule has 0 bridgehead atoms. The van der Waals surface area contributed by atoms with Crippen LogP contribution in [0.5, 0.6) is 0 Å². The lowest BCUT2D eigenvalue weighted by atomic mass is 10.0. The van der Waals surface area contributed by atoms with Gasteiger partial charge in [-0.1, -0.05) is 40.8 Å². The highest BCUT2D eigenvalue weighted by atomic mass is 127. The highest BCUT2D eigenvalue weighted by Crippen LogP contribution is 2.44. The second kappa shape index (κ2) is 4.13. The SMILES string of the molecule is N#CC(C#N)=C1c2ccccc2S(=O)(=O)C1I. The molecular weight excluding hydrogens is 351 g/mol. The number of hydrogen-bond donors (Lipinski definition) is 0. The molecule has 0 aromatic heterocycles. The van der Waals surface area contributed by atoms with Gasteiger partial charge in [-0.15, -0.1) is 0 Å². The van der Waals surface area contributed by atoms with Crippen LogP contribution in [0, 0.1) is 22.7 Å². The van der Waals surface area contributed by atoms with Crippen molar-refractivity contribution in [3.05, 3.63) is 35.4 Å². The van der Waals surface area contributed by atoms with Gasteiger partial charge in [0.05, 0.1) is 4.90 Å². The fourth-order valence-corrected chi connectivity index (χ4v) is 4.72. The van der Waals surface area contributed by atoms with Gasteiger partial charge in [0, 0.05) is 11.1 Å². The summed E-state index contributed by atoms with van der Waals surface area (Å²) in [5.41, 5.74) is 0.620. The second-order valence-electron chi connectivity index (χ2n) is 3.37. The van der Waals surface area contributed by atoms with Gasteiger partial charge in [-0.25, -0.2) is 8.42 Å². The molecular formula is C11H5IN2O2S. The number of halogens is 1. The van der Waals surface area contributed by atoms with Gasteiger partial charge in [-0.3, -0.25) is 0 Å². The molecule has 0 saturated heterocycles. The predicted octanol–water partition coefficient (Wildman–Crippen LogP) is 2.04. The smallest absolute Gasteiger partial charge is 0.195 e. The van der Waals surface area contributed by atoms with Crippen LogP contribution >= 0.6 is 22.6 Å². The highest BCUT2D eigenvalue weighted by Gasteiger charge is 2.40. The summed E-state index contributed by atoms with van der Waals surface area (Å²) >= 11 is 1.75. The van der Waals surface area contributed by atoms with Gasteiger partial charge in [0.25, 0.3) is 0 Å². The number of benzene rings is 1. The monoisotopic (exact) mass is 356 g/mol. The van der Waals surface area contributed by atoms with E-state index in [1.165, 1.54) is 6.07 Å².